The van der Waals surface area contributed by atoms with Crippen LogP contribution in [-0.2, 0) is 0 Å². The van der Waals surface area contributed by atoms with Gasteiger partial charge in [-0.3, -0.25) is 4.79 Å². The number of rotatable bonds is 3. The second-order valence-electron chi connectivity index (χ2n) is 5.89. The Labute approximate surface area is 143 Å². The molecule has 0 aliphatic carbocycles. The molecule has 0 spiro atoms. The molecular weight excluding hydrogens is 312 g/mol. The maximum atomic E-state index is 12.6. The van der Waals surface area contributed by atoms with E-state index in [9.17, 15) is 4.79 Å². The van der Waals surface area contributed by atoms with E-state index in [1.54, 1.807) is 0 Å². The molecule has 2 heterocycles. The highest BCUT2D eigenvalue weighted by Gasteiger charge is 2.23. The van der Waals surface area contributed by atoms with Crippen LogP contribution in [-0.4, -0.2) is 46.8 Å². The Balaban J connectivity index is 0.00000192. The van der Waals surface area contributed by atoms with Crippen LogP contribution in [0.15, 0.2) is 36.7 Å². The van der Waals surface area contributed by atoms with Crippen molar-refractivity contribution in [2.75, 3.05) is 20.1 Å². The third kappa shape index (κ3) is 3.92. The molecule has 5 nitrogen and oxygen atoms in total. The summed E-state index contributed by atoms with van der Waals surface area (Å²) in [7, 11) is 1.96. The molecule has 1 aromatic heterocycles. The molecule has 1 fully saturated rings. The van der Waals surface area contributed by atoms with Gasteiger partial charge in [-0.1, -0.05) is 0 Å². The van der Waals surface area contributed by atoms with E-state index >= 15 is 0 Å². The first-order valence-corrected chi connectivity index (χ1v) is 7.75. The zero-order valence-corrected chi connectivity index (χ0v) is 14.3. The van der Waals surface area contributed by atoms with Crippen LogP contribution >= 0.6 is 12.4 Å². The molecule has 1 atom stereocenters. The zero-order valence-electron chi connectivity index (χ0n) is 13.5. The van der Waals surface area contributed by atoms with Crippen LogP contribution in [0.25, 0.3) is 5.69 Å². The van der Waals surface area contributed by atoms with Gasteiger partial charge in [-0.2, -0.15) is 5.10 Å². The summed E-state index contributed by atoms with van der Waals surface area (Å²) in [5.74, 6) is 0.114. The Hall–Kier alpha value is -1.85. The number of nitrogens with zero attached hydrogens (tertiary/aromatic N) is 3. The molecule has 1 saturated heterocycles. The summed E-state index contributed by atoms with van der Waals surface area (Å²) in [4.78, 5) is 14.5. The maximum absolute atomic E-state index is 12.6. The number of aromatic nitrogens is 2. The van der Waals surface area contributed by atoms with E-state index in [1.807, 2.05) is 60.2 Å². The van der Waals surface area contributed by atoms with Crippen molar-refractivity contribution >= 4 is 18.3 Å². The number of carbonyl (C=O) groups excluding carboxylic acids is 1. The second kappa shape index (κ2) is 7.62. The number of likely N-dealkylation sites (N-methyl/N-ethyl adjacent to an activating group) is 1. The van der Waals surface area contributed by atoms with E-state index in [2.05, 4.69) is 10.4 Å². The molecule has 0 radical (unpaired) electrons. The first kappa shape index (κ1) is 17.5. The topological polar surface area (TPSA) is 50.2 Å². The number of hydrogen-bond donors (Lipinski definition) is 1. The van der Waals surface area contributed by atoms with E-state index in [0.717, 1.165) is 42.7 Å². The minimum Gasteiger partial charge on any atom is -0.337 e. The van der Waals surface area contributed by atoms with Crippen LogP contribution in [0.3, 0.4) is 0 Å². The number of halogens is 1. The maximum Gasteiger partial charge on any atom is 0.253 e. The van der Waals surface area contributed by atoms with E-state index in [1.165, 1.54) is 0 Å². The molecule has 23 heavy (non-hydrogen) atoms. The normalized spacial score (nSPS) is 17.7. The summed E-state index contributed by atoms with van der Waals surface area (Å²) in [6.07, 6.45) is 5.99. The summed E-state index contributed by atoms with van der Waals surface area (Å²) >= 11 is 0. The van der Waals surface area contributed by atoms with Gasteiger partial charge in [-0.25, -0.2) is 4.68 Å². The van der Waals surface area contributed by atoms with Crippen LogP contribution < -0.4 is 5.32 Å². The van der Waals surface area contributed by atoms with Crippen molar-refractivity contribution in [2.45, 2.75) is 25.8 Å². The van der Waals surface area contributed by atoms with Crippen LogP contribution in [0.1, 0.15) is 28.8 Å². The monoisotopic (exact) mass is 334 g/mol. The van der Waals surface area contributed by atoms with Crippen molar-refractivity contribution in [3.8, 4) is 5.69 Å². The minimum atomic E-state index is 0. The third-order valence-corrected chi connectivity index (χ3v) is 4.21. The molecule has 3 rings (SSSR count). The van der Waals surface area contributed by atoms with Crippen LogP contribution in [0.4, 0.5) is 0 Å². The van der Waals surface area contributed by atoms with E-state index in [0.29, 0.717) is 6.04 Å². The minimum absolute atomic E-state index is 0. The van der Waals surface area contributed by atoms with E-state index < -0.39 is 0 Å². The van der Waals surface area contributed by atoms with Gasteiger partial charge >= 0.3 is 0 Å². The number of likely N-dealkylation sites (tertiary alicyclic amines) is 1. The van der Waals surface area contributed by atoms with Gasteiger partial charge in [0, 0.05) is 30.9 Å². The van der Waals surface area contributed by atoms with Crippen molar-refractivity contribution in [1.29, 1.82) is 0 Å². The number of nitrogens with one attached hydrogen (secondary N) is 1. The quantitative estimate of drug-likeness (QED) is 0.938. The Kier molecular flexibility index (Phi) is 5.80. The zero-order chi connectivity index (χ0) is 15.5. The highest BCUT2D eigenvalue weighted by molar-refractivity contribution is 5.94. The summed E-state index contributed by atoms with van der Waals surface area (Å²) in [5.41, 5.74) is 2.83. The molecule has 1 N–H and O–H groups in total. The third-order valence-electron chi connectivity index (χ3n) is 4.21. The highest BCUT2D eigenvalue weighted by Crippen LogP contribution is 2.15. The van der Waals surface area contributed by atoms with Gasteiger partial charge in [0.15, 0.2) is 0 Å². The van der Waals surface area contributed by atoms with Crippen LogP contribution in [0.2, 0.25) is 0 Å². The van der Waals surface area contributed by atoms with Gasteiger partial charge in [0.25, 0.3) is 5.91 Å². The molecule has 124 valence electrons. The number of amides is 1. The largest absolute Gasteiger partial charge is 0.337 e. The van der Waals surface area contributed by atoms with Crippen molar-refractivity contribution in [2.24, 2.45) is 0 Å². The molecule has 1 aliphatic rings. The Morgan fingerprint density at radius 3 is 2.65 bits per heavy atom. The Morgan fingerprint density at radius 1 is 1.30 bits per heavy atom. The van der Waals surface area contributed by atoms with Gasteiger partial charge in [-0.05, 0) is 56.6 Å². The molecule has 1 unspecified atom stereocenters. The van der Waals surface area contributed by atoms with E-state index in [-0.39, 0.29) is 18.3 Å². The molecule has 0 saturated carbocycles. The average Bonchev–Trinajstić information content (AvgIpc) is 3.01. The van der Waals surface area contributed by atoms with Gasteiger partial charge in [0.1, 0.15) is 0 Å². The lowest BCUT2D eigenvalue weighted by Gasteiger charge is -2.32. The van der Waals surface area contributed by atoms with Crippen molar-refractivity contribution in [1.82, 2.24) is 20.0 Å². The standard InChI is InChI=1S/C17H22N4O.ClH/c1-13-10-19-21(11-13)16-7-5-14(6-8-16)17(22)20-9-3-4-15(12-20)18-2;/h5-8,10-11,15,18H,3-4,9,12H2,1-2H3;1H. The SMILES string of the molecule is CNC1CCCN(C(=O)c2ccc(-n3cc(C)cn3)cc2)C1.Cl. The molecule has 6 heteroatoms. The van der Waals surface area contributed by atoms with Gasteiger partial charge in [-0.15, -0.1) is 12.4 Å². The lowest BCUT2D eigenvalue weighted by Crippen LogP contribution is -2.46. The first-order chi connectivity index (χ1) is 10.7. The Morgan fingerprint density at radius 2 is 2.04 bits per heavy atom. The highest BCUT2D eigenvalue weighted by atomic mass is 35.5. The molecule has 1 aromatic carbocycles. The number of piperidine rings is 1. The fraction of sp³-hybridized carbons (Fsp3) is 0.412. The summed E-state index contributed by atoms with van der Waals surface area (Å²) in [6, 6.07) is 8.07. The number of aryl methyl sites for hydroxylation is 1. The molecule has 2 aromatic rings. The van der Waals surface area contributed by atoms with Crippen molar-refractivity contribution in [3.05, 3.63) is 47.8 Å². The first-order valence-electron chi connectivity index (χ1n) is 7.75. The van der Waals surface area contributed by atoms with Gasteiger partial charge in [0.2, 0.25) is 0 Å². The lowest BCUT2D eigenvalue weighted by atomic mass is 10.0. The number of benzene rings is 1. The predicted molar refractivity (Wildman–Crippen MR) is 93.5 cm³/mol. The Bertz CT molecular complexity index is 653. The average molecular weight is 335 g/mol. The molecule has 1 amide bonds. The molecular formula is C17H23ClN4O. The summed E-state index contributed by atoms with van der Waals surface area (Å²) < 4.78 is 1.82. The summed E-state index contributed by atoms with van der Waals surface area (Å²) in [6.45, 7) is 3.64. The number of carbonyl (C=O) groups is 1. The van der Waals surface area contributed by atoms with Gasteiger partial charge < -0.3 is 10.2 Å². The van der Waals surface area contributed by atoms with Crippen LogP contribution in [0.5, 0.6) is 0 Å². The molecule has 1 aliphatic heterocycles. The lowest BCUT2D eigenvalue weighted by molar-refractivity contribution is 0.0698. The summed E-state index contributed by atoms with van der Waals surface area (Å²) in [5, 5.41) is 7.55. The van der Waals surface area contributed by atoms with Crippen molar-refractivity contribution < 1.29 is 4.79 Å². The van der Waals surface area contributed by atoms with Crippen LogP contribution in [0, 0.1) is 6.92 Å². The smallest absolute Gasteiger partial charge is 0.253 e. The number of hydrogen-bond acceptors (Lipinski definition) is 3. The second-order valence-corrected chi connectivity index (χ2v) is 5.89. The fourth-order valence-corrected chi connectivity index (χ4v) is 2.89. The predicted octanol–water partition coefficient (Wildman–Crippen LogP) is 2.43. The fourth-order valence-electron chi connectivity index (χ4n) is 2.89. The van der Waals surface area contributed by atoms with E-state index in [4.69, 9.17) is 0 Å². The van der Waals surface area contributed by atoms with Gasteiger partial charge in [0.05, 0.1) is 11.9 Å². The molecule has 0 bridgehead atoms. The van der Waals surface area contributed by atoms with Crippen molar-refractivity contribution in [3.63, 3.8) is 0 Å².